The zero-order valence-electron chi connectivity index (χ0n) is 20.0. The Morgan fingerprint density at radius 1 is 1.08 bits per heavy atom. The lowest BCUT2D eigenvalue weighted by Crippen LogP contribution is -2.31. The van der Waals surface area contributed by atoms with Gasteiger partial charge in [-0.3, -0.25) is 4.79 Å². The predicted octanol–water partition coefficient (Wildman–Crippen LogP) is 4.18. The molecule has 0 radical (unpaired) electrons. The van der Waals surface area contributed by atoms with Gasteiger partial charge in [0.1, 0.15) is 11.4 Å². The Bertz CT molecular complexity index is 1270. The number of fused-ring (bicyclic) bond motifs is 1. The highest BCUT2D eigenvalue weighted by molar-refractivity contribution is 6.01. The van der Waals surface area contributed by atoms with E-state index in [0.29, 0.717) is 18.7 Å². The van der Waals surface area contributed by atoms with Gasteiger partial charge in [0.05, 0.1) is 18.2 Å². The van der Waals surface area contributed by atoms with Crippen molar-refractivity contribution in [3.05, 3.63) is 76.5 Å². The predicted molar refractivity (Wildman–Crippen MR) is 128 cm³/mol. The Labute approximate surface area is 205 Å². The molecule has 1 atom stereocenters. The first-order valence-corrected chi connectivity index (χ1v) is 11.3. The number of hydrogen-bond acceptors (Lipinski definition) is 5. The number of benzene rings is 2. The largest absolute Gasteiger partial charge is 0.478 e. The summed E-state index contributed by atoms with van der Waals surface area (Å²) >= 11 is 0. The average molecular weight is 502 g/mol. The number of alkyl halides is 3. The number of nitrogens with zero attached hydrogens (tertiary/aromatic N) is 4. The van der Waals surface area contributed by atoms with Crippen LogP contribution in [0.15, 0.2) is 48.5 Å². The Morgan fingerprint density at radius 2 is 1.72 bits per heavy atom. The van der Waals surface area contributed by atoms with Crippen LogP contribution in [0.1, 0.15) is 50.5 Å². The van der Waals surface area contributed by atoms with E-state index in [4.69, 9.17) is 5.11 Å². The fourth-order valence-electron chi connectivity index (χ4n) is 4.20. The number of carboxylic acids is 1. The van der Waals surface area contributed by atoms with Crippen LogP contribution < -0.4 is 15.1 Å². The molecule has 1 amide bonds. The second-order valence-corrected chi connectivity index (χ2v) is 8.87. The summed E-state index contributed by atoms with van der Waals surface area (Å²) in [5, 5.41) is 15.4. The molecule has 4 rings (SSSR count). The van der Waals surface area contributed by atoms with Crippen LogP contribution in [-0.4, -0.2) is 47.4 Å². The summed E-state index contributed by atoms with van der Waals surface area (Å²) < 4.78 is 42.9. The van der Waals surface area contributed by atoms with E-state index in [0.717, 1.165) is 11.3 Å². The molecule has 0 bridgehead atoms. The molecule has 2 N–H and O–H groups in total. The van der Waals surface area contributed by atoms with Crippen molar-refractivity contribution in [2.45, 2.75) is 32.2 Å². The quantitative estimate of drug-likeness (QED) is 0.505. The molecule has 0 aliphatic carbocycles. The van der Waals surface area contributed by atoms with E-state index < -0.39 is 35.4 Å². The van der Waals surface area contributed by atoms with Gasteiger partial charge in [0.2, 0.25) is 0 Å². The van der Waals surface area contributed by atoms with Crippen molar-refractivity contribution in [3.8, 4) is 0 Å². The molecule has 2 aromatic carbocycles. The van der Waals surface area contributed by atoms with E-state index in [9.17, 15) is 22.8 Å². The van der Waals surface area contributed by atoms with Crippen molar-refractivity contribution in [2.24, 2.45) is 0 Å². The second kappa shape index (κ2) is 9.56. The van der Waals surface area contributed by atoms with Crippen LogP contribution in [0.2, 0.25) is 0 Å². The monoisotopic (exact) mass is 501 g/mol. The molecule has 36 heavy (non-hydrogen) atoms. The number of hydrogen-bond donors (Lipinski definition) is 2. The minimum Gasteiger partial charge on any atom is -0.478 e. The van der Waals surface area contributed by atoms with Crippen molar-refractivity contribution in [1.82, 2.24) is 15.1 Å². The Kier molecular flexibility index (Phi) is 6.66. The molecule has 0 fully saturated rings. The van der Waals surface area contributed by atoms with E-state index in [1.54, 1.807) is 11.8 Å². The van der Waals surface area contributed by atoms with Crippen LogP contribution in [0.4, 0.5) is 24.7 Å². The van der Waals surface area contributed by atoms with E-state index in [1.807, 2.05) is 43.3 Å². The molecule has 2 heterocycles. The zero-order chi connectivity index (χ0) is 26.2. The molecule has 0 spiro atoms. The van der Waals surface area contributed by atoms with E-state index >= 15 is 0 Å². The highest BCUT2D eigenvalue weighted by Gasteiger charge is 2.44. The molecule has 3 aromatic rings. The van der Waals surface area contributed by atoms with Gasteiger partial charge in [0.25, 0.3) is 5.91 Å². The molecule has 11 heteroatoms. The number of carboxylic acid groups (broad SMARTS) is 1. The first-order valence-electron chi connectivity index (χ1n) is 11.3. The maximum Gasteiger partial charge on any atom is 0.436 e. The van der Waals surface area contributed by atoms with Gasteiger partial charge >= 0.3 is 12.1 Å². The van der Waals surface area contributed by atoms with E-state index in [-0.39, 0.29) is 17.9 Å². The molecule has 1 unspecified atom stereocenters. The normalized spacial score (nSPS) is 13.9. The number of carbonyl (C=O) groups is 2. The summed E-state index contributed by atoms with van der Waals surface area (Å²) in [6.07, 6.45) is -4.81. The van der Waals surface area contributed by atoms with Crippen molar-refractivity contribution in [2.75, 3.05) is 30.4 Å². The molecule has 190 valence electrons. The van der Waals surface area contributed by atoms with Crippen molar-refractivity contribution < 1.29 is 27.9 Å². The third-order valence-corrected chi connectivity index (χ3v) is 6.13. The molecule has 1 aliphatic heterocycles. The lowest BCUT2D eigenvalue weighted by molar-refractivity contribution is -0.141. The zero-order valence-corrected chi connectivity index (χ0v) is 20.0. The summed E-state index contributed by atoms with van der Waals surface area (Å²) in [6.45, 7) is 2.59. The van der Waals surface area contributed by atoms with Crippen LogP contribution >= 0.6 is 0 Å². The van der Waals surface area contributed by atoms with Gasteiger partial charge in [-0.1, -0.05) is 24.3 Å². The van der Waals surface area contributed by atoms with Crippen LogP contribution in [0, 0.1) is 0 Å². The smallest absolute Gasteiger partial charge is 0.436 e. The lowest BCUT2D eigenvalue weighted by Gasteiger charge is -2.21. The summed E-state index contributed by atoms with van der Waals surface area (Å²) in [5.41, 5.74) is 0.774. The topological polar surface area (TPSA) is 90.7 Å². The highest BCUT2D eigenvalue weighted by atomic mass is 19.4. The Morgan fingerprint density at radius 3 is 2.28 bits per heavy atom. The van der Waals surface area contributed by atoms with Crippen molar-refractivity contribution in [3.63, 3.8) is 0 Å². The van der Waals surface area contributed by atoms with Gasteiger partial charge < -0.3 is 20.2 Å². The van der Waals surface area contributed by atoms with Crippen LogP contribution in [-0.2, 0) is 19.3 Å². The molecule has 1 aromatic heterocycles. The number of rotatable bonds is 7. The van der Waals surface area contributed by atoms with Gasteiger partial charge in [-0.2, -0.15) is 18.3 Å². The van der Waals surface area contributed by atoms with Gasteiger partial charge in [-0.15, -0.1) is 0 Å². The number of aromatic nitrogens is 2. The lowest BCUT2D eigenvalue weighted by atomic mass is 10.1. The summed E-state index contributed by atoms with van der Waals surface area (Å²) in [5.74, 6) is -1.86. The van der Waals surface area contributed by atoms with Gasteiger partial charge in [-0.05, 0) is 42.3 Å². The maximum atomic E-state index is 13.9. The van der Waals surface area contributed by atoms with E-state index in [2.05, 4.69) is 10.4 Å². The summed E-state index contributed by atoms with van der Waals surface area (Å²) in [7, 11) is 3.83. The second-order valence-electron chi connectivity index (χ2n) is 8.87. The van der Waals surface area contributed by atoms with Gasteiger partial charge in [0, 0.05) is 32.9 Å². The summed E-state index contributed by atoms with van der Waals surface area (Å²) in [4.78, 5) is 28.0. The molecule has 0 saturated carbocycles. The SMILES string of the molecule is CC(NC(=O)c1c(C(F)(F)F)nn2c1N(Cc1ccc(N(C)C)cc1)CC2)c1ccc(C(=O)O)cc1. The number of aromatic carboxylic acids is 1. The number of halogens is 3. The third kappa shape index (κ3) is 5.00. The van der Waals surface area contributed by atoms with Crippen LogP contribution in [0.5, 0.6) is 0 Å². The number of anilines is 2. The third-order valence-electron chi connectivity index (χ3n) is 6.13. The number of carbonyl (C=O) groups excluding carboxylic acids is 1. The van der Waals surface area contributed by atoms with Crippen LogP contribution in [0.25, 0.3) is 0 Å². The minimum absolute atomic E-state index is 0.0698. The first kappa shape index (κ1) is 25.1. The molecular formula is C25H26F3N5O3. The highest BCUT2D eigenvalue weighted by Crippen LogP contribution is 2.38. The summed E-state index contributed by atoms with van der Waals surface area (Å²) in [6, 6.07) is 12.8. The fourth-order valence-corrected chi connectivity index (χ4v) is 4.20. The van der Waals surface area contributed by atoms with Crippen LogP contribution in [0.3, 0.4) is 0 Å². The number of amides is 1. The standard InChI is InChI=1S/C25H26F3N5O3/c1-15(17-6-8-18(9-7-17)24(35)36)29-22(34)20-21(25(26,27)28)30-33-13-12-32(23(20)33)14-16-4-10-19(11-5-16)31(2)3/h4-11,15H,12-14H2,1-3H3,(H,29,34)(H,35,36). The molecule has 1 aliphatic rings. The number of nitrogens with one attached hydrogen (secondary N) is 1. The van der Waals surface area contributed by atoms with Crippen molar-refractivity contribution in [1.29, 1.82) is 0 Å². The minimum atomic E-state index is -4.81. The Balaban J connectivity index is 1.62. The molecule has 8 nitrogen and oxygen atoms in total. The van der Waals surface area contributed by atoms with E-state index in [1.165, 1.54) is 28.9 Å². The maximum absolute atomic E-state index is 13.9. The first-order chi connectivity index (χ1) is 17.0. The van der Waals surface area contributed by atoms with Gasteiger partial charge in [0.15, 0.2) is 5.69 Å². The molecular weight excluding hydrogens is 475 g/mol. The fraction of sp³-hybridized carbons (Fsp3) is 0.320. The Hall–Kier alpha value is -4.02. The average Bonchev–Trinajstić information content (AvgIpc) is 3.39. The van der Waals surface area contributed by atoms with Crippen molar-refractivity contribution >= 4 is 23.4 Å². The molecule has 0 saturated heterocycles. The van der Waals surface area contributed by atoms with Gasteiger partial charge in [-0.25, -0.2) is 9.48 Å².